The third kappa shape index (κ3) is 3.84. The van der Waals surface area contributed by atoms with Gasteiger partial charge in [0.05, 0.1) is 18.0 Å². The lowest BCUT2D eigenvalue weighted by Crippen LogP contribution is -2.31. The molecule has 0 saturated heterocycles. The number of rotatable bonds is 5. The predicted molar refractivity (Wildman–Crippen MR) is 114 cm³/mol. The number of anilines is 1. The van der Waals surface area contributed by atoms with Crippen molar-refractivity contribution >= 4 is 39.7 Å². The van der Waals surface area contributed by atoms with Crippen LogP contribution in [0.15, 0.2) is 35.3 Å². The average Bonchev–Trinajstić information content (AvgIpc) is 3.03. The number of hydrogen-bond donors (Lipinski definition) is 1. The number of amidine groups is 1. The molecular formula is C21H24N2O2S2. The molecule has 6 heteroatoms. The van der Waals surface area contributed by atoms with E-state index in [4.69, 9.17) is 9.73 Å². The molecule has 0 fully saturated rings. The van der Waals surface area contributed by atoms with Crippen molar-refractivity contribution in [3.63, 3.8) is 0 Å². The molecule has 0 bridgehead atoms. The van der Waals surface area contributed by atoms with Gasteiger partial charge in [0.2, 0.25) is 0 Å². The first kappa shape index (κ1) is 18.7. The topological polar surface area (TPSA) is 50.7 Å². The molecule has 1 atom stereocenters. The van der Waals surface area contributed by atoms with Crippen LogP contribution in [-0.2, 0) is 17.8 Å². The number of carbonyl (C=O) groups is 1. The van der Waals surface area contributed by atoms with Gasteiger partial charge in [0, 0.05) is 28.8 Å². The number of benzene rings is 1. The smallest absolute Gasteiger partial charge is 0.172 e. The van der Waals surface area contributed by atoms with Crippen molar-refractivity contribution in [3.05, 3.63) is 51.9 Å². The van der Waals surface area contributed by atoms with Gasteiger partial charge in [-0.3, -0.25) is 9.79 Å². The summed E-state index contributed by atoms with van der Waals surface area (Å²) < 4.78 is 6.00. The Hall–Kier alpha value is -1.63. The number of nitrogens with one attached hydrogen (secondary N) is 1. The molecule has 4 rings (SSSR count). The minimum Gasteiger partial charge on any atom is -0.370 e. The SMILES string of the molecule is CCC1=N[C@@H](SCC(=O)c2ccccc2)c2c(sc3c2CC(C)(C)OC3)N1. The monoisotopic (exact) mass is 400 g/mol. The van der Waals surface area contributed by atoms with E-state index in [2.05, 4.69) is 26.1 Å². The Morgan fingerprint density at radius 1 is 1.37 bits per heavy atom. The first-order valence-electron chi connectivity index (χ1n) is 9.29. The molecule has 0 saturated carbocycles. The van der Waals surface area contributed by atoms with Crippen molar-refractivity contribution in [1.82, 2.24) is 0 Å². The van der Waals surface area contributed by atoms with Crippen LogP contribution in [0.5, 0.6) is 0 Å². The summed E-state index contributed by atoms with van der Waals surface area (Å²) in [6, 6.07) is 9.51. The van der Waals surface area contributed by atoms with Crippen LogP contribution in [0, 0.1) is 0 Å². The zero-order valence-electron chi connectivity index (χ0n) is 15.9. The zero-order chi connectivity index (χ0) is 19.0. The van der Waals surface area contributed by atoms with Crippen LogP contribution in [0.25, 0.3) is 0 Å². The highest BCUT2D eigenvalue weighted by Crippen LogP contribution is 2.49. The summed E-state index contributed by atoms with van der Waals surface area (Å²) in [5.74, 6) is 1.58. The molecule has 0 amide bonds. The second-order valence-corrected chi connectivity index (χ2v) is 9.65. The van der Waals surface area contributed by atoms with Crippen molar-refractivity contribution < 1.29 is 9.53 Å². The summed E-state index contributed by atoms with van der Waals surface area (Å²) in [5.41, 5.74) is 3.23. The Morgan fingerprint density at radius 3 is 2.89 bits per heavy atom. The summed E-state index contributed by atoms with van der Waals surface area (Å²) in [5, 5.41) is 4.64. The van der Waals surface area contributed by atoms with Gasteiger partial charge < -0.3 is 10.1 Å². The lowest BCUT2D eigenvalue weighted by molar-refractivity contribution is -0.0384. The fourth-order valence-electron chi connectivity index (χ4n) is 3.46. The van der Waals surface area contributed by atoms with E-state index in [1.807, 2.05) is 30.3 Å². The van der Waals surface area contributed by atoms with E-state index in [0.717, 1.165) is 24.2 Å². The summed E-state index contributed by atoms with van der Waals surface area (Å²) >= 11 is 3.41. The fourth-order valence-corrected chi connectivity index (χ4v) is 5.82. The van der Waals surface area contributed by atoms with Gasteiger partial charge in [-0.1, -0.05) is 37.3 Å². The number of carbonyl (C=O) groups excluding carboxylic acids is 1. The Balaban J connectivity index is 1.60. The molecule has 1 aromatic carbocycles. The molecule has 1 aromatic heterocycles. The Labute approximate surface area is 168 Å². The number of Topliss-reactive ketones (excluding diaryl/α,β-unsaturated/α-hetero) is 1. The molecule has 27 heavy (non-hydrogen) atoms. The molecule has 4 nitrogen and oxygen atoms in total. The second-order valence-electron chi connectivity index (χ2n) is 7.48. The largest absolute Gasteiger partial charge is 0.370 e. The van der Waals surface area contributed by atoms with E-state index in [1.165, 1.54) is 21.0 Å². The van der Waals surface area contributed by atoms with Crippen molar-refractivity contribution in [2.45, 2.75) is 51.2 Å². The van der Waals surface area contributed by atoms with Crippen LogP contribution in [0.3, 0.4) is 0 Å². The molecule has 2 aliphatic heterocycles. The van der Waals surface area contributed by atoms with Gasteiger partial charge in [-0.05, 0) is 19.4 Å². The molecule has 0 radical (unpaired) electrons. The summed E-state index contributed by atoms with van der Waals surface area (Å²) in [6.45, 7) is 7.03. The number of fused-ring (bicyclic) bond motifs is 3. The van der Waals surface area contributed by atoms with Crippen LogP contribution < -0.4 is 5.32 Å². The van der Waals surface area contributed by atoms with Crippen LogP contribution in [-0.4, -0.2) is 23.0 Å². The van der Waals surface area contributed by atoms with Gasteiger partial charge in [0.15, 0.2) is 5.78 Å². The van der Waals surface area contributed by atoms with E-state index in [9.17, 15) is 4.79 Å². The normalized spacial score (nSPS) is 20.3. The number of ether oxygens (including phenoxy) is 1. The molecule has 0 aliphatic carbocycles. The van der Waals surface area contributed by atoms with Crippen LogP contribution >= 0.6 is 23.1 Å². The van der Waals surface area contributed by atoms with Crippen LogP contribution in [0.1, 0.15) is 58.9 Å². The number of thiophene rings is 1. The molecule has 142 valence electrons. The Kier molecular flexibility index (Phi) is 5.14. The third-order valence-electron chi connectivity index (χ3n) is 4.91. The highest BCUT2D eigenvalue weighted by atomic mass is 32.2. The lowest BCUT2D eigenvalue weighted by atomic mass is 9.93. The lowest BCUT2D eigenvalue weighted by Gasteiger charge is -2.31. The minimum atomic E-state index is -0.161. The highest BCUT2D eigenvalue weighted by molar-refractivity contribution is 8.00. The van der Waals surface area contributed by atoms with Gasteiger partial charge in [-0.25, -0.2) is 0 Å². The molecule has 3 heterocycles. The number of aliphatic imine (C=N–C) groups is 1. The van der Waals surface area contributed by atoms with Crippen molar-refractivity contribution in [2.24, 2.45) is 4.99 Å². The first-order valence-corrected chi connectivity index (χ1v) is 11.2. The van der Waals surface area contributed by atoms with E-state index in [-0.39, 0.29) is 16.8 Å². The van der Waals surface area contributed by atoms with E-state index >= 15 is 0 Å². The summed E-state index contributed by atoms with van der Waals surface area (Å²) in [6.07, 6.45) is 1.74. The summed E-state index contributed by atoms with van der Waals surface area (Å²) in [4.78, 5) is 18.8. The summed E-state index contributed by atoms with van der Waals surface area (Å²) in [7, 11) is 0. The Bertz CT molecular complexity index is 887. The maximum Gasteiger partial charge on any atom is 0.172 e. The molecule has 0 spiro atoms. The van der Waals surface area contributed by atoms with E-state index in [1.54, 1.807) is 23.1 Å². The molecular weight excluding hydrogens is 376 g/mol. The Morgan fingerprint density at radius 2 is 2.15 bits per heavy atom. The predicted octanol–water partition coefficient (Wildman–Crippen LogP) is 5.45. The van der Waals surface area contributed by atoms with Gasteiger partial charge >= 0.3 is 0 Å². The molecule has 2 aliphatic rings. The number of thioether (sulfide) groups is 1. The van der Waals surface area contributed by atoms with Gasteiger partial charge in [0.1, 0.15) is 16.2 Å². The van der Waals surface area contributed by atoms with Crippen molar-refractivity contribution in [3.8, 4) is 0 Å². The molecule has 0 unspecified atom stereocenters. The maximum atomic E-state index is 12.6. The van der Waals surface area contributed by atoms with E-state index < -0.39 is 0 Å². The third-order valence-corrected chi connectivity index (χ3v) is 7.13. The second kappa shape index (κ2) is 7.41. The molecule has 1 N–H and O–H groups in total. The first-order chi connectivity index (χ1) is 13.0. The minimum absolute atomic E-state index is 0.0298. The van der Waals surface area contributed by atoms with Crippen molar-refractivity contribution in [2.75, 3.05) is 11.1 Å². The van der Waals surface area contributed by atoms with E-state index in [0.29, 0.717) is 12.4 Å². The van der Waals surface area contributed by atoms with Gasteiger partial charge in [-0.15, -0.1) is 23.1 Å². The highest BCUT2D eigenvalue weighted by Gasteiger charge is 2.35. The van der Waals surface area contributed by atoms with Crippen LogP contribution in [0.2, 0.25) is 0 Å². The number of ketones is 1. The van der Waals surface area contributed by atoms with Gasteiger partial charge in [-0.2, -0.15) is 0 Å². The maximum absolute atomic E-state index is 12.6. The number of hydrogen-bond acceptors (Lipinski definition) is 6. The average molecular weight is 401 g/mol. The van der Waals surface area contributed by atoms with Crippen molar-refractivity contribution in [1.29, 1.82) is 0 Å². The van der Waals surface area contributed by atoms with Gasteiger partial charge in [0.25, 0.3) is 0 Å². The fraction of sp³-hybridized carbons (Fsp3) is 0.429. The number of nitrogens with zero attached hydrogens (tertiary/aromatic N) is 1. The quantitative estimate of drug-likeness (QED) is 0.678. The zero-order valence-corrected chi connectivity index (χ0v) is 17.5. The van der Waals surface area contributed by atoms with Crippen LogP contribution in [0.4, 0.5) is 5.00 Å². The standard InChI is InChI=1S/C21H24N2O2S2/c1-4-17-22-19(26-12-15(24)13-8-6-5-7-9-13)18-14-10-21(2,3)25-11-16(14)27-20(18)23-17/h5-9,19H,4,10-12H2,1-3H3,(H,22,23)/t19-/m0/s1. The molecule has 2 aromatic rings.